The monoisotopic (exact) mass is 836 g/mol. The summed E-state index contributed by atoms with van der Waals surface area (Å²) < 4.78 is 23.1. The van der Waals surface area contributed by atoms with E-state index in [1.807, 2.05) is 69.3 Å². The molecule has 1 aromatic heterocycles. The van der Waals surface area contributed by atoms with E-state index in [0.717, 1.165) is 37.7 Å². The van der Waals surface area contributed by atoms with Crippen molar-refractivity contribution >= 4 is 40.6 Å². The second kappa shape index (κ2) is 18.1. The van der Waals surface area contributed by atoms with E-state index < -0.39 is 70.3 Å². The van der Waals surface area contributed by atoms with Gasteiger partial charge in [-0.05, 0) is 69.6 Å². The number of methoxy groups -OCH3 is 2. The number of carbonyl (C=O) groups is 5. The molecule has 2 aromatic carbocycles. The van der Waals surface area contributed by atoms with Crippen LogP contribution >= 0.6 is 0 Å². The van der Waals surface area contributed by atoms with Crippen LogP contribution in [-0.2, 0) is 33.4 Å². The summed E-state index contributed by atoms with van der Waals surface area (Å²) in [5.74, 6) is -3.40. The molecule has 3 N–H and O–H groups in total. The first-order valence-corrected chi connectivity index (χ1v) is 21.2. The van der Waals surface area contributed by atoms with Crippen LogP contribution in [0, 0.1) is 23.2 Å². The number of ether oxygens (including phenoxy) is 4. The van der Waals surface area contributed by atoms with Crippen LogP contribution in [0.25, 0.3) is 22.2 Å². The molecule has 2 fully saturated rings. The minimum atomic E-state index is -1.35. The summed E-state index contributed by atoms with van der Waals surface area (Å²) in [7, 11) is 2.87. The van der Waals surface area contributed by atoms with E-state index in [2.05, 4.69) is 22.5 Å². The molecule has 0 spiro atoms. The molecule has 2 saturated carbocycles. The fourth-order valence-corrected chi connectivity index (χ4v) is 8.40. The molecule has 61 heavy (non-hydrogen) atoms. The highest BCUT2D eigenvalue weighted by molar-refractivity contribution is 6.04. The zero-order chi connectivity index (χ0) is 44.3. The highest BCUT2D eigenvalue weighted by Crippen LogP contribution is 2.47. The largest absolute Gasteiger partial charge is 0.497 e. The van der Waals surface area contributed by atoms with E-state index in [1.165, 1.54) is 7.11 Å². The van der Waals surface area contributed by atoms with Crippen LogP contribution in [0.5, 0.6) is 11.5 Å². The van der Waals surface area contributed by atoms with Crippen molar-refractivity contribution in [3.05, 3.63) is 78.9 Å². The Morgan fingerprint density at radius 1 is 0.918 bits per heavy atom. The number of rotatable bonds is 14. The van der Waals surface area contributed by atoms with Gasteiger partial charge in [-0.1, -0.05) is 76.4 Å². The summed E-state index contributed by atoms with van der Waals surface area (Å²) in [6, 6.07) is 14.9. The molecule has 6 rings (SSSR count). The first-order valence-electron chi connectivity index (χ1n) is 21.2. The average Bonchev–Trinajstić information content (AvgIpc) is 3.79. The molecule has 1 heterocycles. The third kappa shape index (κ3) is 10.3. The molecule has 3 unspecified atom stereocenters. The van der Waals surface area contributed by atoms with Gasteiger partial charge in [0.05, 0.1) is 31.3 Å². The molecule has 13 heteroatoms. The van der Waals surface area contributed by atoms with Crippen molar-refractivity contribution in [3.8, 4) is 22.8 Å². The Kier molecular flexibility index (Phi) is 13.3. The van der Waals surface area contributed by atoms with Crippen molar-refractivity contribution in [2.75, 3.05) is 14.2 Å². The summed E-state index contributed by atoms with van der Waals surface area (Å²) in [6.07, 6.45) is 7.22. The SMILES string of the molecule is C=C[C@@H]1C[C@]1(NC(=O)C1CC(Oc2cc(-c3ccccc3)nc3cc(OC)ccc23)C=C1C(=O)N[C@H](C(=O)NC(C(=O)OC)C1CCCCC1)C(C)(C)C)C(=O)OC(C)(C)C. The van der Waals surface area contributed by atoms with Crippen LogP contribution in [-0.4, -0.2) is 78.2 Å². The number of esters is 2. The van der Waals surface area contributed by atoms with Gasteiger partial charge in [-0.15, -0.1) is 6.58 Å². The topological polar surface area (TPSA) is 171 Å². The Morgan fingerprint density at radius 2 is 1.62 bits per heavy atom. The molecule has 0 saturated heterocycles. The van der Waals surface area contributed by atoms with Crippen molar-refractivity contribution in [1.29, 1.82) is 0 Å². The van der Waals surface area contributed by atoms with Gasteiger partial charge >= 0.3 is 11.9 Å². The number of fused-ring (bicyclic) bond motifs is 1. The number of aromatic nitrogens is 1. The fourth-order valence-electron chi connectivity index (χ4n) is 8.40. The highest BCUT2D eigenvalue weighted by atomic mass is 16.6. The fraction of sp³-hybridized carbons (Fsp3) is 0.500. The van der Waals surface area contributed by atoms with Crippen molar-refractivity contribution in [2.45, 2.75) is 116 Å². The molecule has 326 valence electrons. The lowest BCUT2D eigenvalue weighted by Crippen LogP contribution is -2.58. The molecule has 3 aromatic rings. The van der Waals surface area contributed by atoms with Gasteiger partial charge in [0.15, 0.2) is 0 Å². The molecule has 3 amide bonds. The van der Waals surface area contributed by atoms with Crippen molar-refractivity contribution in [3.63, 3.8) is 0 Å². The van der Waals surface area contributed by atoms with E-state index in [-0.39, 0.29) is 23.8 Å². The normalized spacial score (nSPS) is 22.5. The van der Waals surface area contributed by atoms with Gasteiger partial charge in [0.25, 0.3) is 0 Å². The van der Waals surface area contributed by atoms with Crippen LogP contribution < -0.4 is 25.4 Å². The van der Waals surface area contributed by atoms with E-state index in [1.54, 1.807) is 46.1 Å². The molecule has 6 atom stereocenters. The Morgan fingerprint density at radius 3 is 2.23 bits per heavy atom. The second-order valence-electron chi connectivity index (χ2n) is 18.5. The maximum Gasteiger partial charge on any atom is 0.333 e. The third-order valence-electron chi connectivity index (χ3n) is 11.8. The number of pyridine rings is 1. The summed E-state index contributed by atoms with van der Waals surface area (Å²) >= 11 is 0. The summed E-state index contributed by atoms with van der Waals surface area (Å²) in [6.45, 7) is 14.6. The van der Waals surface area contributed by atoms with Gasteiger partial charge in [0, 0.05) is 41.0 Å². The highest BCUT2D eigenvalue weighted by Gasteiger charge is 2.62. The Balaban J connectivity index is 1.34. The number of carbonyl (C=O) groups excluding carboxylic acids is 5. The van der Waals surface area contributed by atoms with Crippen molar-refractivity contribution in [2.24, 2.45) is 23.2 Å². The molecule has 0 radical (unpaired) electrons. The first-order chi connectivity index (χ1) is 28.9. The van der Waals surface area contributed by atoms with Gasteiger partial charge in [0.2, 0.25) is 17.7 Å². The predicted molar refractivity (Wildman–Crippen MR) is 231 cm³/mol. The molecular weight excluding hydrogens is 777 g/mol. The molecular formula is C48H60N4O9. The second-order valence-corrected chi connectivity index (χ2v) is 18.5. The molecule has 0 bridgehead atoms. The van der Waals surface area contributed by atoms with Crippen LogP contribution in [0.4, 0.5) is 0 Å². The number of benzene rings is 2. The lowest BCUT2D eigenvalue weighted by atomic mass is 9.82. The quantitative estimate of drug-likeness (QED) is 0.116. The van der Waals surface area contributed by atoms with E-state index in [0.29, 0.717) is 34.5 Å². The molecule has 0 aliphatic heterocycles. The number of hydrogen-bond donors (Lipinski definition) is 3. The summed E-state index contributed by atoms with van der Waals surface area (Å²) in [5.41, 5.74) is -0.806. The lowest BCUT2D eigenvalue weighted by molar-refractivity contribution is -0.160. The zero-order valence-electron chi connectivity index (χ0n) is 36.6. The van der Waals surface area contributed by atoms with Crippen LogP contribution in [0.15, 0.2) is 78.9 Å². The van der Waals surface area contributed by atoms with Gasteiger partial charge < -0.3 is 34.9 Å². The smallest absolute Gasteiger partial charge is 0.333 e. The van der Waals surface area contributed by atoms with Crippen LogP contribution in [0.3, 0.4) is 0 Å². The van der Waals surface area contributed by atoms with Crippen molar-refractivity contribution in [1.82, 2.24) is 20.9 Å². The maximum absolute atomic E-state index is 14.6. The lowest BCUT2D eigenvalue weighted by Gasteiger charge is -2.34. The van der Waals surface area contributed by atoms with Gasteiger partial charge in [-0.3, -0.25) is 14.4 Å². The van der Waals surface area contributed by atoms with Crippen LogP contribution in [0.1, 0.15) is 86.5 Å². The summed E-state index contributed by atoms with van der Waals surface area (Å²) in [5, 5.41) is 9.47. The molecule has 3 aliphatic carbocycles. The van der Waals surface area contributed by atoms with E-state index in [9.17, 15) is 24.0 Å². The Labute approximate surface area is 358 Å². The number of hydrogen-bond acceptors (Lipinski definition) is 10. The van der Waals surface area contributed by atoms with Crippen molar-refractivity contribution < 1.29 is 42.9 Å². The Hall–Kier alpha value is -5.72. The standard InChI is InChI=1S/C48H60N4O9/c1-10-30-27-48(30,45(57)61-47(5,6)7)52-42(54)35-24-32(60-38-26-36(28-17-13-11-14-18-28)49-37-25-31(58-8)21-22-33(37)38)23-34(35)41(53)51-40(46(2,3)4)43(55)50-39(44(56)59-9)29-19-15-12-16-20-29/h10-11,13-14,17-18,21-23,25-26,29-30,32,35,39-40H,1,12,15-16,19-20,24,27H2,2-9H3,(H,50,55)(H,51,53)(H,52,54)/t30-,32?,35?,39?,40-,48-/m1/s1. The minimum absolute atomic E-state index is 0.0385. The number of amides is 3. The van der Waals surface area contributed by atoms with Gasteiger partial charge in [-0.25, -0.2) is 14.6 Å². The number of nitrogens with one attached hydrogen (secondary N) is 3. The van der Waals surface area contributed by atoms with E-state index >= 15 is 0 Å². The zero-order valence-corrected chi connectivity index (χ0v) is 36.6. The molecule has 3 aliphatic rings. The van der Waals surface area contributed by atoms with E-state index in [4.69, 9.17) is 23.9 Å². The van der Waals surface area contributed by atoms with Crippen LogP contribution in [0.2, 0.25) is 0 Å². The summed E-state index contributed by atoms with van der Waals surface area (Å²) in [4.78, 5) is 74.9. The van der Waals surface area contributed by atoms with Gasteiger partial charge in [0.1, 0.15) is 40.8 Å². The first kappa shape index (κ1) is 44.8. The number of nitrogens with zero attached hydrogens (tertiary/aromatic N) is 1. The maximum atomic E-state index is 14.6. The average molecular weight is 837 g/mol. The predicted octanol–water partition coefficient (Wildman–Crippen LogP) is 6.78. The minimum Gasteiger partial charge on any atom is -0.497 e. The van der Waals surface area contributed by atoms with Gasteiger partial charge in [-0.2, -0.15) is 0 Å². The Bertz CT molecular complexity index is 2180. The third-order valence-corrected chi connectivity index (χ3v) is 11.8. The molecule has 13 nitrogen and oxygen atoms in total.